The third kappa shape index (κ3) is 3.00. The van der Waals surface area contributed by atoms with Gasteiger partial charge in [-0.25, -0.2) is 4.39 Å². The van der Waals surface area contributed by atoms with Crippen LogP contribution in [0.1, 0.15) is 25.3 Å². The molecule has 3 heteroatoms. The topological polar surface area (TPSA) is 46.2 Å². The Labute approximate surface area is 83.6 Å². The maximum Gasteiger partial charge on any atom is 0.126 e. The number of nitrogens with two attached hydrogens (primary N) is 1. The summed E-state index contributed by atoms with van der Waals surface area (Å²) in [6.07, 6.45) is 1.45. The Hall–Kier alpha value is -1.09. The van der Waals surface area contributed by atoms with Crippen molar-refractivity contribution in [3.8, 4) is 0 Å². The molecule has 14 heavy (non-hydrogen) atoms. The fourth-order valence-corrected chi connectivity index (χ4v) is 1.44. The molecular weight excluding hydrogens is 181 g/mol. The molecule has 0 heterocycles. The summed E-state index contributed by atoms with van der Waals surface area (Å²) in [6, 6.07) is 4.43. The van der Waals surface area contributed by atoms with Crippen molar-refractivity contribution in [2.75, 3.05) is 5.73 Å². The maximum atomic E-state index is 13.2. The predicted molar refractivity (Wildman–Crippen MR) is 55.4 cm³/mol. The summed E-state index contributed by atoms with van der Waals surface area (Å²) in [4.78, 5) is 0. The monoisotopic (exact) mass is 197 g/mol. The molecule has 0 amide bonds. The molecule has 1 atom stereocenters. The summed E-state index contributed by atoms with van der Waals surface area (Å²) in [6.45, 7) is 1.99. The van der Waals surface area contributed by atoms with Gasteiger partial charge in [-0.3, -0.25) is 0 Å². The SMILES string of the molecule is CCCC(O)Cc1cc(N)ccc1F. The average Bonchev–Trinajstić information content (AvgIpc) is 2.12. The summed E-state index contributed by atoms with van der Waals surface area (Å²) in [5.41, 5.74) is 6.55. The average molecular weight is 197 g/mol. The van der Waals surface area contributed by atoms with Crippen LogP contribution in [0.4, 0.5) is 10.1 Å². The summed E-state index contributed by atoms with van der Waals surface area (Å²) in [5, 5.41) is 9.51. The van der Waals surface area contributed by atoms with Crippen LogP contribution < -0.4 is 5.73 Å². The Morgan fingerprint density at radius 3 is 2.86 bits per heavy atom. The van der Waals surface area contributed by atoms with E-state index in [2.05, 4.69) is 0 Å². The van der Waals surface area contributed by atoms with Gasteiger partial charge >= 0.3 is 0 Å². The fraction of sp³-hybridized carbons (Fsp3) is 0.455. The fourth-order valence-electron chi connectivity index (χ4n) is 1.44. The maximum absolute atomic E-state index is 13.2. The highest BCUT2D eigenvalue weighted by Gasteiger charge is 2.08. The van der Waals surface area contributed by atoms with Crippen LogP contribution in [0.3, 0.4) is 0 Å². The van der Waals surface area contributed by atoms with E-state index in [-0.39, 0.29) is 5.82 Å². The van der Waals surface area contributed by atoms with Gasteiger partial charge in [0.1, 0.15) is 5.82 Å². The number of aliphatic hydroxyl groups excluding tert-OH is 1. The van der Waals surface area contributed by atoms with Crippen molar-refractivity contribution in [2.45, 2.75) is 32.3 Å². The summed E-state index contributed by atoms with van der Waals surface area (Å²) < 4.78 is 13.2. The second-order valence-corrected chi connectivity index (χ2v) is 3.50. The van der Waals surface area contributed by atoms with E-state index < -0.39 is 6.10 Å². The highest BCUT2D eigenvalue weighted by atomic mass is 19.1. The molecule has 0 radical (unpaired) electrons. The van der Waals surface area contributed by atoms with Gasteiger partial charge in [-0.05, 0) is 30.2 Å². The molecule has 0 fully saturated rings. The lowest BCUT2D eigenvalue weighted by atomic mass is 10.0. The Bertz CT molecular complexity index is 301. The molecule has 0 spiro atoms. The van der Waals surface area contributed by atoms with Crippen LogP contribution in [-0.2, 0) is 6.42 Å². The molecule has 1 aromatic rings. The lowest BCUT2D eigenvalue weighted by Crippen LogP contribution is -2.11. The normalized spacial score (nSPS) is 12.8. The van der Waals surface area contributed by atoms with E-state index in [1.807, 2.05) is 6.92 Å². The standard InChI is InChI=1S/C11H16FNO/c1-2-3-10(14)7-8-6-9(13)4-5-11(8)12/h4-6,10,14H,2-3,7,13H2,1H3. The first-order valence-corrected chi connectivity index (χ1v) is 4.85. The van der Waals surface area contributed by atoms with Crippen LogP contribution in [-0.4, -0.2) is 11.2 Å². The molecule has 0 aliphatic carbocycles. The first kappa shape index (κ1) is 11.0. The number of hydrogen-bond acceptors (Lipinski definition) is 2. The van der Waals surface area contributed by atoms with Crippen molar-refractivity contribution < 1.29 is 9.50 Å². The zero-order valence-corrected chi connectivity index (χ0v) is 8.33. The minimum Gasteiger partial charge on any atom is -0.399 e. The number of aliphatic hydroxyl groups is 1. The van der Waals surface area contributed by atoms with Gasteiger partial charge < -0.3 is 10.8 Å². The van der Waals surface area contributed by atoms with E-state index in [1.54, 1.807) is 6.07 Å². The zero-order valence-electron chi connectivity index (χ0n) is 8.33. The van der Waals surface area contributed by atoms with E-state index >= 15 is 0 Å². The Kier molecular flexibility index (Phi) is 3.89. The van der Waals surface area contributed by atoms with E-state index in [4.69, 9.17) is 5.73 Å². The van der Waals surface area contributed by atoms with E-state index in [1.165, 1.54) is 12.1 Å². The molecule has 1 unspecified atom stereocenters. The highest BCUT2D eigenvalue weighted by molar-refractivity contribution is 5.41. The van der Waals surface area contributed by atoms with Gasteiger partial charge in [0.15, 0.2) is 0 Å². The number of rotatable bonds is 4. The minimum absolute atomic E-state index is 0.297. The molecule has 1 rings (SSSR count). The number of hydrogen-bond donors (Lipinski definition) is 2. The van der Waals surface area contributed by atoms with Crippen molar-refractivity contribution in [2.24, 2.45) is 0 Å². The van der Waals surface area contributed by atoms with Gasteiger partial charge in [0.25, 0.3) is 0 Å². The number of nitrogen functional groups attached to an aromatic ring is 1. The minimum atomic E-state index is -0.476. The predicted octanol–water partition coefficient (Wildman–Crippen LogP) is 2.11. The van der Waals surface area contributed by atoms with Crippen molar-refractivity contribution in [1.82, 2.24) is 0 Å². The highest BCUT2D eigenvalue weighted by Crippen LogP contribution is 2.15. The van der Waals surface area contributed by atoms with Gasteiger partial charge in [0.05, 0.1) is 6.10 Å². The molecular formula is C11H16FNO. The lowest BCUT2D eigenvalue weighted by molar-refractivity contribution is 0.162. The molecule has 0 aromatic heterocycles. The number of anilines is 1. The first-order valence-electron chi connectivity index (χ1n) is 4.85. The van der Waals surface area contributed by atoms with E-state index in [0.717, 1.165) is 6.42 Å². The molecule has 0 bridgehead atoms. The number of benzene rings is 1. The van der Waals surface area contributed by atoms with Crippen LogP contribution in [0.5, 0.6) is 0 Å². The van der Waals surface area contributed by atoms with E-state index in [0.29, 0.717) is 24.1 Å². The third-order valence-electron chi connectivity index (χ3n) is 2.15. The Balaban J connectivity index is 2.70. The van der Waals surface area contributed by atoms with Gasteiger partial charge in [-0.15, -0.1) is 0 Å². The van der Waals surface area contributed by atoms with Crippen molar-refractivity contribution in [3.63, 3.8) is 0 Å². The zero-order chi connectivity index (χ0) is 10.6. The smallest absolute Gasteiger partial charge is 0.126 e. The van der Waals surface area contributed by atoms with Crippen molar-refractivity contribution >= 4 is 5.69 Å². The summed E-state index contributed by atoms with van der Waals surface area (Å²) >= 11 is 0. The molecule has 0 saturated carbocycles. The van der Waals surface area contributed by atoms with Crippen LogP contribution in [0, 0.1) is 5.82 Å². The van der Waals surface area contributed by atoms with Crippen LogP contribution in [0.15, 0.2) is 18.2 Å². The Morgan fingerprint density at radius 1 is 1.50 bits per heavy atom. The Morgan fingerprint density at radius 2 is 2.21 bits per heavy atom. The number of halogens is 1. The largest absolute Gasteiger partial charge is 0.399 e. The van der Waals surface area contributed by atoms with Crippen LogP contribution in [0.2, 0.25) is 0 Å². The third-order valence-corrected chi connectivity index (χ3v) is 2.15. The molecule has 78 valence electrons. The molecule has 0 saturated heterocycles. The van der Waals surface area contributed by atoms with Gasteiger partial charge in [0.2, 0.25) is 0 Å². The molecule has 2 nitrogen and oxygen atoms in total. The molecule has 3 N–H and O–H groups in total. The van der Waals surface area contributed by atoms with Crippen molar-refractivity contribution in [1.29, 1.82) is 0 Å². The van der Waals surface area contributed by atoms with E-state index in [9.17, 15) is 9.50 Å². The van der Waals surface area contributed by atoms with Gasteiger partial charge in [0, 0.05) is 12.1 Å². The summed E-state index contributed by atoms with van der Waals surface area (Å²) in [7, 11) is 0. The first-order chi connectivity index (χ1) is 6.63. The summed E-state index contributed by atoms with van der Waals surface area (Å²) in [5.74, 6) is -0.297. The quantitative estimate of drug-likeness (QED) is 0.726. The van der Waals surface area contributed by atoms with Crippen LogP contribution in [0.25, 0.3) is 0 Å². The second-order valence-electron chi connectivity index (χ2n) is 3.50. The second kappa shape index (κ2) is 4.96. The molecule has 0 aliphatic heterocycles. The van der Waals surface area contributed by atoms with Gasteiger partial charge in [-0.1, -0.05) is 13.3 Å². The van der Waals surface area contributed by atoms with Gasteiger partial charge in [-0.2, -0.15) is 0 Å². The molecule has 0 aliphatic rings. The van der Waals surface area contributed by atoms with Crippen molar-refractivity contribution in [3.05, 3.63) is 29.6 Å². The molecule has 1 aromatic carbocycles. The van der Waals surface area contributed by atoms with Crippen LogP contribution >= 0.6 is 0 Å². The lowest BCUT2D eigenvalue weighted by Gasteiger charge is -2.10.